The topological polar surface area (TPSA) is 79.1 Å². The number of benzene rings is 2. The van der Waals surface area contributed by atoms with E-state index in [2.05, 4.69) is 11.6 Å². The summed E-state index contributed by atoms with van der Waals surface area (Å²) < 4.78 is 18.5. The number of carbonyl (C=O) groups is 1. The van der Waals surface area contributed by atoms with Crippen molar-refractivity contribution in [1.29, 1.82) is 0 Å². The summed E-state index contributed by atoms with van der Waals surface area (Å²) in [4.78, 5) is 31.8. The van der Waals surface area contributed by atoms with E-state index < -0.39 is 12.0 Å². The lowest BCUT2D eigenvalue weighted by atomic mass is 9.96. The van der Waals surface area contributed by atoms with Crippen LogP contribution >= 0.6 is 11.3 Å². The van der Waals surface area contributed by atoms with Crippen molar-refractivity contribution in [2.24, 2.45) is 4.99 Å². The van der Waals surface area contributed by atoms with E-state index in [0.717, 1.165) is 16.9 Å². The van der Waals surface area contributed by atoms with E-state index in [1.165, 1.54) is 11.3 Å². The molecule has 0 spiro atoms. The molecule has 1 aliphatic rings. The van der Waals surface area contributed by atoms with Gasteiger partial charge < -0.3 is 14.2 Å². The molecule has 2 aromatic carbocycles. The van der Waals surface area contributed by atoms with E-state index in [0.29, 0.717) is 39.6 Å². The molecule has 4 rings (SSSR count). The van der Waals surface area contributed by atoms with Gasteiger partial charge in [0, 0.05) is 0 Å². The maximum Gasteiger partial charge on any atom is 0.338 e. The van der Waals surface area contributed by atoms with Crippen molar-refractivity contribution in [2.45, 2.75) is 26.8 Å². The summed E-state index contributed by atoms with van der Waals surface area (Å²) in [5.74, 6) is 0.952. The maximum absolute atomic E-state index is 13.7. The summed E-state index contributed by atoms with van der Waals surface area (Å²) in [6, 6.07) is 14.2. The SMILES string of the molecule is C=CCOc1ccc(/C=c2\sc3n(c2=O)[C@H](c2ccc(OCC)cc2)C(C(=O)OCC)=C(C)N=3)cc1. The Hall–Kier alpha value is -3.91. The zero-order chi connectivity index (χ0) is 25.7. The number of esters is 1. The van der Waals surface area contributed by atoms with Crippen molar-refractivity contribution in [3.05, 3.63) is 103 Å². The molecule has 0 saturated heterocycles. The van der Waals surface area contributed by atoms with E-state index in [9.17, 15) is 9.59 Å². The minimum Gasteiger partial charge on any atom is -0.494 e. The van der Waals surface area contributed by atoms with Gasteiger partial charge in [-0.2, -0.15) is 0 Å². The molecule has 7 nitrogen and oxygen atoms in total. The molecule has 1 aliphatic heterocycles. The number of rotatable bonds is 9. The molecular weight excluding hydrogens is 476 g/mol. The van der Waals surface area contributed by atoms with Crippen molar-refractivity contribution < 1.29 is 19.0 Å². The van der Waals surface area contributed by atoms with Gasteiger partial charge in [0.05, 0.1) is 35.1 Å². The van der Waals surface area contributed by atoms with Crippen molar-refractivity contribution in [3.8, 4) is 11.5 Å². The Bertz CT molecular complexity index is 1460. The minimum absolute atomic E-state index is 0.223. The Morgan fingerprint density at radius 3 is 2.36 bits per heavy atom. The lowest BCUT2D eigenvalue weighted by Gasteiger charge is -2.24. The van der Waals surface area contributed by atoms with Gasteiger partial charge in [-0.3, -0.25) is 9.36 Å². The quantitative estimate of drug-likeness (QED) is 0.328. The Morgan fingerprint density at radius 2 is 1.72 bits per heavy atom. The fraction of sp³-hybridized carbons (Fsp3) is 0.250. The monoisotopic (exact) mass is 504 g/mol. The van der Waals surface area contributed by atoms with Gasteiger partial charge in [0.25, 0.3) is 5.56 Å². The van der Waals surface area contributed by atoms with Gasteiger partial charge in [-0.15, -0.1) is 0 Å². The van der Waals surface area contributed by atoms with E-state index in [1.54, 1.807) is 24.5 Å². The highest BCUT2D eigenvalue weighted by atomic mass is 32.1. The van der Waals surface area contributed by atoms with Crippen LogP contribution < -0.4 is 24.4 Å². The number of ether oxygens (including phenoxy) is 3. The summed E-state index contributed by atoms with van der Waals surface area (Å²) >= 11 is 1.29. The zero-order valence-electron chi connectivity index (χ0n) is 20.5. The van der Waals surface area contributed by atoms with Gasteiger partial charge in [-0.25, -0.2) is 9.79 Å². The summed E-state index contributed by atoms with van der Waals surface area (Å²) in [6.45, 7) is 10.3. The number of thiazole rings is 1. The van der Waals surface area contributed by atoms with Crippen molar-refractivity contribution in [3.63, 3.8) is 0 Å². The number of hydrogen-bond donors (Lipinski definition) is 0. The Balaban J connectivity index is 1.82. The molecular formula is C28H28N2O5S. The molecule has 0 bridgehead atoms. The lowest BCUT2D eigenvalue weighted by molar-refractivity contribution is -0.139. The molecule has 0 saturated carbocycles. The smallest absolute Gasteiger partial charge is 0.338 e. The minimum atomic E-state index is -0.659. The Kier molecular flexibility index (Phi) is 7.85. The van der Waals surface area contributed by atoms with Gasteiger partial charge in [-0.1, -0.05) is 48.3 Å². The molecule has 0 aliphatic carbocycles. The predicted octanol–water partition coefficient (Wildman–Crippen LogP) is 3.76. The van der Waals surface area contributed by atoms with Gasteiger partial charge >= 0.3 is 5.97 Å². The first-order valence-corrected chi connectivity index (χ1v) is 12.5. The molecule has 8 heteroatoms. The number of allylic oxidation sites excluding steroid dienone is 1. The summed E-state index contributed by atoms with van der Waals surface area (Å²) in [5, 5.41) is 0. The van der Waals surface area contributed by atoms with Crippen LogP contribution in [0.5, 0.6) is 11.5 Å². The highest BCUT2D eigenvalue weighted by Crippen LogP contribution is 2.31. The lowest BCUT2D eigenvalue weighted by Crippen LogP contribution is -2.39. The molecule has 0 N–H and O–H groups in total. The average Bonchev–Trinajstić information content (AvgIpc) is 3.17. The second kappa shape index (κ2) is 11.2. The zero-order valence-corrected chi connectivity index (χ0v) is 21.3. The van der Waals surface area contributed by atoms with Gasteiger partial charge in [0.2, 0.25) is 0 Å². The first-order chi connectivity index (χ1) is 17.5. The molecule has 1 atom stereocenters. The number of nitrogens with zero attached hydrogens (tertiary/aromatic N) is 2. The van der Waals surface area contributed by atoms with Crippen LogP contribution in [-0.4, -0.2) is 30.4 Å². The molecule has 3 aromatic rings. The average molecular weight is 505 g/mol. The molecule has 186 valence electrons. The normalized spacial score (nSPS) is 15.2. The standard InChI is InChI=1S/C28H28N2O5S/c1-5-16-35-22-12-8-19(9-13-22)17-23-26(31)30-25(20-10-14-21(15-11-20)33-6-2)24(27(32)34-7-3)18(4)29-28(30)36-23/h5,8-15,17,25H,1,6-7,16H2,2-4H3/b23-17-/t25-/m1/s1. The Labute approximate surface area is 213 Å². The third-order valence-corrected chi connectivity index (χ3v) is 6.55. The molecule has 1 aromatic heterocycles. The van der Waals surface area contributed by atoms with Gasteiger partial charge in [0.1, 0.15) is 18.1 Å². The van der Waals surface area contributed by atoms with E-state index >= 15 is 0 Å². The second-order valence-electron chi connectivity index (χ2n) is 7.97. The first-order valence-electron chi connectivity index (χ1n) is 11.7. The summed E-state index contributed by atoms with van der Waals surface area (Å²) in [6.07, 6.45) is 3.50. The third kappa shape index (κ3) is 5.18. The van der Waals surface area contributed by atoms with Crippen LogP contribution in [-0.2, 0) is 9.53 Å². The third-order valence-electron chi connectivity index (χ3n) is 5.57. The van der Waals surface area contributed by atoms with Crippen LogP contribution in [0.4, 0.5) is 0 Å². The second-order valence-corrected chi connectivity index (χ2v) is 8.98. The molecule has 0 amide bonds. The maximum atomic E-state index is 13.7. The van der Waals surface area contributed by atoms with Crippen LogP contribution in [0.15, 0.2) is 82.2 Å². The Morgan fingerprint density at radius 1 is 1.06 bits per heavy atom. The van der Waals surface area contributed by atoms with Crippen LogP contribution in [0, 0.1) is 0 Å². The first kappa shape index (κ1) is 25.2. The number of aromatic nitrogens is 1. The highest BCUT2D eigenvalue weighted by molar-refractivity contribution is 7.07. The number of carbonyl (C=O) groups excluding carboxylic acids is 1. The fourth-order valence-corrected chi connectivity index (χ4v) is 5.03. The van der Waals surface area contributed by atoms with E-state index in [-0.39, 0.29) is 12.2 Å². The van der Waals surface area contributed by atoms with E-state index in [1.807, 2.05) is 61.5 Å². The van der Waals surface area contributed by atoms with Crippen LogP contribution in [0.2, 0.25) is 0 Å². The molecule has 36 heavy (non-hydrogen) atoms. The summed E-state index contributed by atoms with van der Waals surface area (Å²) in [5.41, 5.74) is 2.28. The van der Waals surface area contributed by atoms with Crippen molar-refractivity contribution in [2.75, 3.05) is 19.8 Å². The highest BCUT2D eigenvalue weighted by Gasteiger charge is 2.33. The van der Waals surface area contributed by atoms with Gasteiger partial charge in [0.15, 0.2) is 4.80 Å². The van der Waals surface area contributed by atoms with Crippen molar-refractivity contribution >= 4 is 23.4 Å². The molecule has 0 radical (unpaired) electrons. The number of fused-ring (bicyclic) bond motifs is 1. The number of hydrogen-bond acceptors (Lipinski definition) is 7. The van der Waals surface area contributed by atoms with Crippen molar-refractivity contribution in [1.82, 2.24) is 4.57 Å². The van der Waals surface area contributed by atoms with E-state index in [4.69, 9.17) is 14.2 Å². The van der Waals surface area contributed by atoms with Crippen LogP contribution in [0.25, 0.3) is 6.08 Å². The largest absolute Gasteiger partial charge is 0.494 e. The van der Waals surface area contributed by atoms with Gasteiger partial charge in [-0.05, 0) is 62.2 Å². The van der Waals surface area contributed by atoms with Crippen LogP contribution in [0.1, 0.15) is 37.9 Å². The summed E-state index contributed by atoms with van der Waals surface area (Å²) in [7, 11) is 0. The van der Waals surface area contributed by atoms with Crippen LogP contribution in [0.3, 0.4) is 0 Å². The predicted molar refractivity (Wildman–Crippen MR) is 140 cm³/mol. The molecule has 0 fully saturated rings. The molecule has 2 heterocycles. The fourth-order valence-electron chi connectivity index (χ4n) is 3.99. The molecule has 0 unspecified atom stereocenters.